The zero-order valence-electron chi connectivity index (χ0n) is 40.2. The molecule has 0 fully saturated rings. The molecule has 1 unspecified atom stereocenters. The second-order valence-corrected chi connectivity index (χ2v) is 17.8. The maximum atomic E-state index is 12.8. The number of allylic oxidation sites excluding steroid dienone is 4. The fourth-order valence-corrected chi connectivity index (χ4v) is 7.67. The summed E-state index contributed by atoms with van der Waals surface area (Å²) in [6, 6.07) is 0. The van der Waals surface area contributed by atoms with Gasteiger partial charge in [0.2, 0.25) is 0 Å². The number of carbonyl (C=O) groups excluding carboxylic acids is 3. The van der Waals surface area contributed by atoms with Crippen LogP contribution in [0.2, 0.25) is 0 Å². The fourth-order valence-electron chi connectivity index (χ4n) is 7.67. The molecule has 0 N–H and O–H groups in total. The molecule has 0 aliphatic rings. The van der Waals surface area contributed by atoms with E-state index in [4.69, 9.17) is 14.2 Å². The molecule has 0 rings (SSSR count). The van der Waals surface area contributed by atoms with E-state index in [0.717, 1.165) is 64.2 Å². The van der Waals surface area contributed by atoms with Gasteiger partial charge in [-0.05, 0) is 70.6 Å². The van der Waals surface area contributed by atoms with Crippen LogP contribution in [0.25, 0.3) is 0 Å². The van der Waals surface area contributed by atoms with Gasteiger partial charge < -0.3 is 14.2 Å². The summed E-state index contributed by atoms with van der Waals surface area (Å²) in [5.74, 6) is -0.878. The van der Waals surface area contributed by atoms with E-state index in [1.54, 1.807) is 0 Å². The summed E-state index contributed by atoms with van der Waals surface area (Å²) in [7, 11) is 0. The number of hydrogen-bond donors (Lipinski definition) is 0. The van der Waals surface area contributed by atoms with Crippen LogP contribution in [0.3, 0.4) is 0 Å². The van der Waals surface area contributed by atoms with Gasteiger partial charge in [0.25, 0.3) is 0 Å². The molecule has 0 radical (unpaired) electrons. The molecule has 352 valence electrons. The maximum Gasteiger partial charge on any atom is 0.306 e. The number of rotatable bonds is 48. The summed E-state index contributed by atoms with van der Waals surface area (Å²) in [6.07, 6.45) is 56.0. The number of ether oxygens (including phenoxy) is 3. The normalized spacial score (nSPS) is 12.1. The smallest absolute Gasteiger partial charge is 0.306 e. The molecule has 0 spiro atoms. The summed E-state index contributed by atoms with van der Waals surface area (Å²) < 4.78 is 16.8. The van der Waals surface area contributed by atoms with Gasteiger partial charge in [-0.15, -0.1) is 0 Å². The Kier molecular flexibility index (Phi) is 47.8. The van der Waals surface area contributed by atoms with Gasteiger partial charge in [0.05, 0.1) is 0 Å². The molecule has 0 bridgehead atoms. The van der Waals surface area contributed by atoms with E-state index in [0.29, 0.717) is 19.3 Å². The Morgan fingerprint density at radius 3 is 0.833 bits per heavy atom. The lowest BCUT2D eigenvalue weighted by Gasteiger charge is -2.18. The molecule has 6 nitrogen and oxygen atoms in total. The quantitative estimate of drug-likeness (QED) is 0.0263. The topological polar surface area (TPSA) is 78.9 Å². The van der Waals surface area contributed by atoms with Crippen molar-refractivity contribution >= 4 is 17.9 Å². The highest BCUT2D eigenvalue weighted by Crippen LogP contribution is 2.15. The van der Waals surface area contributed by atoms with E-state index in [9.17, 15) is 14.4 Å². The van der Waals surface area contributed by atoms with Crippen molar-refractivity contribution in [2.45, 2.75) is 290 Å². The number of esters is 3. The number of hydrogen-bond acceptors (Lipinski definition) is 6. The van der Waals surface area contributed by atoms with Gasteiger partial charge in [-0.3, -0.25) is 14.4 Å². The van der Waals surface area contributed by atoms with Crippen molar-refractivity contribution < 1.29 is 28.6 Å². The van der Waals surface area contributed by atoms with Gasteiger partial charge in [0, 0.05) is 19.3 Å². The highest BCUT2D eigenvalue weighted by molar-refractivity contribution is 5.71. The van der Waals surface area contributed by atoms with Crippen LogP contribution in [-0.2, 0) is 28.6 Å². The Morgan fingerprint density at radius 1 is 0.317 bits per heavy atom. The standard InChI is InChI=1S/C54H100O6/c1-4-7-10-13-16-19-21-23-25-27-28-30-31-33-35-38-41-44-47-53(56)59-50-51(49-58-52(55)46-43-40-37-18-15-12-9-6-3)60-54(57)48-45-42-39-36-34-32-29-26-24-22-20-17-14-11-8-5-2/h25-27,29,51H,4-24,28,30-50H2,1-3H3/b27-25-,29-26-. The molecule has 0 aromatic heterocycles. The van der Waals surface area contributed by atoms with Gasteiger partial charge in [-0.2, -0.15) is 0 Å². The fraction of sp³-hybridized carbons (Fsp3) is 0.870. The predicted molar refractivity (Wildman–Crippen MR) is 256 cm³/mol. The largest absolute Gasteiger partial charge is 0.462 e. The first-order valence-corrected chi connectivity index (χ1v) is 26.3. The summed E-state index contributed by atoms with van der Waals surface area (Å²) in [6.45, 7) is 6.62. The predicted octanol–water partition coefficient (Wildman–Crippen LogP) is 17.2. The van der Waals surface area contributed by atoms with Gasteiger partial charge in [0.1, 0.15) is 13.2 Å². The van der Waals surface area contributed by atoms with Crippen LogP contribution in [0, 0.1) is 0 Å². The minimum atomic E-state index is -0.771. The summed E-state index contributed by atoms with van der Waals surface area (Å²) >= 11 is 0. The van der Waals surface area contributed by atoms with Crippen molar-refractivity contribution in [1.82, 2.24) is 0 Å². The molecule has 60 heavy (non-hydrogen) atoms. The van der Waals surface area contributed by atoms with Crippen LogP contribution < -0.4 is 0 Å². The summed E-state index contributed by atoms with van der Waals surface area (Å²) in [5, 5.41) is 0. The molecule has 1 atom stereocenters. The lowest BCUT2D eigenvalue weighted by atomic mass is 10.1. The molecule has 0 saturated heterocycles. The van der Waals surface area contributed by atoms with Crippen molar-refractivity contribution in [1.29, 1.82) is 0 Å². The highest BCUT2D eigenvalue weighted by atomic mass is 16.6. The second kappa shape index (κ2) is 49.5. The molecule has 0 heterocycles. The molecule has 0 aromatic carbocycles. The van der Waals surface area contributed by atoms with Crippen molar-refractivity contribution in [3.8, 4) is 0 Å². The lowest BCUT2D eigenvalue weighted by molar-refractivity contribution is -0.167. The first kappa shape index (κ1) is 57.9. The van der Waals surface area contributed by atoms with Crippen LogP contribution in [0.1, 0.15) is 284 Å². The second-order valence-electron chi connectivity index (χ2n) is 17.8. The molecule has 0 amide bonds. The van der Waals surface area contributed by atoms with Gasteiger partial charge in [0.15, 0.2) is 6.10 Å². The van der Waals surface area contributed by atoms with Gasteiger partial charge in [-0.25, -0.2) is 0 Å². The van der Waals surface area contributed by atoms with Crippen molar-refractivity contribution in [2.75, 3.05) is 13.2 Å². The summed E-state index contributed by atoms with van der Waals surface area (Å²) in [4.78, 5) is 37.8. The Morgan fingerprint density at radius 2 is 0.550 bits per heavy atom. The number of unbranched alkanes of at least 4 members (excludes halogenated alkanes) is 33. The minimum absolute atomic E-state index is 0.0731. The highest BCUT2D eigenvalue weighted by Gasteiger charge is 2.19. The van der Waals surface area contributed by atoms with Gasteiger partial charge >= 0.3 is 17.9 Å². The lowest BCUT2D eigenvalue weighted by Crippen LogP contribution is -2.30. The first-order valence-electron chi connectivity index (χ1n) is 26.3. The van der Waals surface area contributed by atoms with E-state index in [1.807, 2.05) is 0 Å². The zero-order valence-corrected chi connectivity index (χ0v) is 40.2. The van der Waals surface area contributed by atoms with Crippen molar-refractivity contribution in [2.24, 2.45) is 0 Å². The zero-order chi connectivity index (χ0) is 43.7. The first-order chi connectivity index (χ1) is 29.5. The Balaban J connectivity index is 4.27. The van der Waals surface area contributed by atoms with E-state index >= 15 is 0 Å². The molecule has 0 aromatic rings. The van der Waals surface area contributed by atoms with Crippen molar-refractivity contribution in [3.63, 3.8) is 0 Å². The average Bonchev–Trinajstić information content (AvgIpc) is 3.24. The minimum Gasteiger partial charge on any atom is -0.462 e. The summed E-state index contributed by atoms with van der Waals surface area (Å²) in [5.41, 5.74) is 0. The van der Waals surface area contributed by atoms with E-state index in [2.05, 4.69) is 45.1 Å². The van der Waals surface area contributed by atoms with E-state index in [1.165, 1.54) is 180 Å². The third-order valence-corrected chi connectivity index (χ3v) is 11.7. The van der Waals surface area contributed by atoms with Crippen LogP contribution in [0.5, 0.6) is 0 Å². The molecule has 0 saturated carbocycles. The van der Waals surface area contributed by atoms with Crippen LogP contribution >= 0.6 is 0 Å². The Hall–Kier alpha value is -2.11. The third-order valence-electron chi connectivity index (χ3n) is 11.7. The van der Waals surface area contributed by atoms with Crippen LogP contribution in [0.4, 0.5) is 0 Å². The average molecular weight is 845 g/mol. The van der Waals surface area contributed by atoms with Crippen molar-refractivity contribution in [3.05, 3.63) is 24.3 Å². The van der Waals surface area contributed by atoms with Crippen LogP contribution in [-0.4, -0.2) is 37.2 Å². The monoisotopic (exact) mass is 845 g/mol. The van der Waals surface area contributed by atoms with E-state index < -0.39 is 6.10 Å². The molecule has 0 aliphatic carbocycles. The molecule has 0 aliphatic heterocycles. The van der Waals surface area contributed by atoms with Crippen LogP contribution in [0.15, 0.2) is 24.3 Å². The molecule has 6 heteroatoms. The van der Waals surface area contributed by atoms with Gasteiger partial charge in [-0.1, -0.05) is 218 Å². The third kappa shape index (κ3) is 46.9. The SMILES string of the molecule is CCCCCCCCC/C=C\CCCCCCCCCC(=O)OCC(COC(=O)CCCCCCCCCC)OC(=O)CCCCCCC/C=C\CCCCCCCCC. The Labute approximate surface area is 373 Å². The number of carbonyl (C=O) groups is 3. The molecular weight excluding hydrogens is 745 g/mol. The molecular formula is C54H100O6. The Bertz CT molecular complexity index is 973. The maximum absolute atomic E-state index is 12.8. The van der Waals surface area contributed by atoms with E-state index in [-0.39, 0.29) is 31.1 Å².